The van der Waals surface area contributed by atoms with Gasteiger partial charge in [-0.05, 0) is 51.0 Å². The predicted octanol–water partition coefficient (Wildman–Crippen LogP) is 2.74. The molecule has 0 saturated heterocycles. The minimum atomic E-state index is 0.102. The van der Waals surface area contributed by atoms with Crippen LogP contribution in [-0.4, -0.2) is 24.7 Å². The standard InChI is InChI=1S/C15H23NO3/c1-11-3-8-14(19-11)16(2)15(18)13-6-4-12(5-7-13)9-10-17/h3,8,12-13,17H,4-7,9-10H2,1-2H3. The highest BCUT2D eigenvalue weighted by Crippen LogP contribution is 2.32. The fourth-order valence-electron chi connectivity index (χ4n) is 2.87. The van der Waals surface area contributed by atoms with E-state index in [1.807, 2.05) is 19.1 Å². The summed E-state index contributed by atoms with van der Waals surface area (Å²) in [6.45, 7) is 2.14. The first-order chi connectivity index (χ1) is 9.11. The number of carbonyl (C=O) groups excluding carboxylic acids is 1. The van der Waals surface area contributed by atoms with E-state index in [0.717, 1.165) is 37.9 Å². The molecule has 1 aliphatic rings. The Hall–Kier alpha value is -1.29. The molecule has 1 aromatic rings. The maximum Gasteiger partial charge on any atom is 0.232 e. The third-order valence-corrected chi connectivity index (χ3v) is 4.12. The highest BCUT2D eigenvalue weighted by atomic mass is 16.4. The van der Waals surface area contributed by atoms with E-state index in [0.29, 0.717) is 11.8 Å². The van der Waals surface area contributed by atoms with Gasteiger partial charge in [0.05, 0.1) is 0 Å². The van der Waals surface area contributed by atoms with Gasteiger partial charge in [0, 0.05) is 25.6 Å². The molecule has 1 amide bonds. The molecule has 0 spiro atoms. The van der Waals surface area contributed by atoms with Gasteiger partial charge in [-0.3, -0.25) is 9.69 Å². The van der Waals surface area contributed by atoms with Gasteiger partial charge in [0.2, 0.25) is 11.8 Å². The van der Waals surface area contributed by atoms with Crippen molar-refractivity contribution in [2.45, 2.75) is 39.0 Å². The molecule has 19 heavy (non-hydrogen) atoms. The van der Waals surface area contributed by atoms with E-state index in [4.69, 9.17) is 9.52 Å². The monoisotopic (exact) mass is 265 g/mol. The summed E-state index contributed by atoms with van der Waals surface area (Å²) in [7, 11) is 1.78. The summed E-state index contributed by atoms with van der Waals surface area (Å²) in [6, 6.07) is 3.71. The molecule has 1 fully saturated rings. The van der Waals surface area contributed by atoms with E-state index in [1.54, 1.807) is 11.9 Å². The van der Waals surface area contributed by atoms with Crippen LogP contribution in [0.4, 0.5) is 5.88 Å². The average Bonchev–Trinajstić information content (AvgIpc) is 2.85. The van der Waals surface area contributed by atoms with Crippen molar-refractivity contribution in [2.24, 2.45) is 11.8 Å². The number of anilines is 1. The molecule has 1 aliphatic carbocycles. The lowest BCUT2D eigenvalue weighted by atomic mass is 9.80. The first-order valence-electron chi connectivity index (χ1n) is 7.06. The van der Waals surface area contributed by atoms with Crippen LogP contribution < -0.4 is 4.90 Å². The Balaban J connectivity index is 1.90. The van der Waals surface area contributed by atoms with Gasteiger partial charge in [-0.25, -0.2) is 0 Å². The zero-order chi connectivity index (χ0) is 13.8. The first-order valence-corrected chi connectivity index (χ1v) is 7.06. The number of hydrogen-bond donors (Lipinski definition) is 1. The van der Waals surface area contributed by atoms with Crippen LogP contribution in [0.25, 0.3) is 0 Å². The number of amides is 1. The Morgan fingerprint density at radius 1 is 1.37 bits per heavy atom. The molecule has 0 radical (unpaired) electrons. The van der Waals surface area contributed by atoms with Gasteiger partial charge in [-0.1, -0.05) is 0 Å². The number of nitrogens with zero attached hydrogens (tertiary/aromatic N) is 1. The summed E-state index contributed by atoms with van der Waals surface area (Å²) in [6.07, 6.45) is 4.80. The molecule has 1 saturated carbocycles. The van der Waals surface area contributed by atoms with E-state index in [2.05, 4.69) is 0 Å². The highest BCUT2D eigenvalue weighted by molar-refractivity contribution is 5.93. The summed E-state index contributed by atoms with van der Waals surface area (Å²) in [4.78, 5) is 14.0. The second-order valence-electron chi connectivity index (χ2n) is 5.51. The van der Waals surface area contributed by atoms with E-state index in [9.17, 15) is 4.79 Å². The van der Waals surface area contributed by atoms with Gasteiger partial charge in [-0.15, -0.1) is 0 Å². The largest absolute Gasteiger partial charge is 0.445 e. The molecule has 0 aliphatic heterocycles. The molecule has 0 bridgehead atoms. The van der Waals surface area contributed by atoms with Gasteiger partial charge in [-0.2, -0.15) is 0 Å². The van der Waals surface area contributed by atoms with Crippen LogP contribution in [0.5, 0.6) is 0 Å². The molecule has 106 valence electrons. The molecule has 4 nitrogen and oxygen atoms in total. The quantitative estimate of drug-likeness (QED) is 0.910. The zero-order valence-corrected chi connectivity index (χ0v) is 11.8. The van der Waals surface area contributed by atoms with Gasteiger partial charge in [0.1, 0.15) is 5.76 Å². The number of aliphatic hydroxyl groups is 1. The number of hydrogen-bond acceptors (Lipinski definition) is 3. The molecular formula is C15H23NO3. The van der Waals surface area contributed by atoms with E-state index < -0.39 is 0 Å². The summed E-state index contributed by atoms with van der Waals surface area (Å²) >= 11 is 0. The Kier molecular flexibility index (Phi) is 4.64. The van der Waals surface area contributed by atoms with E-state index in [-0.39, 0.29) is 18.4 Å². The van der Waals surface area contributed by atoms with Gasteiger partial charge in [0.25, 0.3) is 0 Å². The lowest BCUT2D eigenvalue weighted by molar-refractivity contribution is -0.123. The SMILES string of the molecule is Cc1ccc(N(C)C(=O)C2CCC(CCO)CC2)o1. The van der Waals surface area contributed by atoms with E-state index in [1.165, 1.54) is 0 Å². The smallest absolute Gasteiger partial charge is 0.232 e. The molecule has 0 aromatic carbocycles. The molecule has 0 atom stereocenters. The Bertz CT molecular complexity index is 419. The molecule has 1 heterocycles. The van der Waals surface area contributed by atoms with Crippen LogP contribution >= 0.6 is 0 Å². The van der Waals surface area contributed by atoms with Crippen molar-refractivity contribution in [3.8, 4) is 0 Å². The third-order valence-electron chi connectivity index (χ3n) is 4.12. The maximum absolute atomic E-state index is 12.4. The summed E-state index contributed by atoms with van der Waals surface area (Å²) < 4.78 is 5.49. The van der Waals surface area contributed by atoms with Crippen molar-refractivity contribution in [3.63, 3.8) is 0 Å². The van der Waals surface area contributed by atoms with Crippen molar-refractivity contribution < 1.29 is 14.3 Å². The molecule has 2 rings (SSSR count). The van der Waals surface area contributed by atoms with Gasteiger partial charge in [0.15, 0.2) is 0 Å². The number of aryl methyl sites for hydroxylation is 1. The number of furan rings is 1. The predicted molar refractivity (Wildman–Crippen MR) is 74.0 cm³/mol. The van der Waals surface area contributed by atoms with Crippen LogP contribution in [-0.2, 0) is 4.79 Å². The first kappa shape index (κ1) is 14.1. The van der Waals surface area contributed by atoms with Crippen molar-refractivity contribution in [2.75, 3.05) is 18.6 Å². The zero-order valence-electron chi connectivity index (χ0n) is 11.8. The number of aliphatic hydroxyl groups excluding tert-OH is 1. The average molecular weight is 265 g/mol. The van der Waals surface area contributed by atoms with Crippen LogP contribution in [0, 0.1) is 18.8 Å². The van der Waals surface area contributed by atoms with Crippen molar-refractivity contribution in [1.29, 1.82) is 0 Å². The summed E-state index contributed by atoms with van der Waals surface area (Å²) in [5.41, 5.74) is 0. The molecule has 0 unspecified atom stereocenters. The van der Waals surface area contributed by atoms with Crippen LogP contribution in [0.3, 0.4) is 0 Å². The minimum absolute atomic E-state index is 0.102. The topological polar surface area (TPSA) is 53.7 Å². The van der Waals surface area contributed by atoms with E-state index >= 15 is 0 Å². The second kappa shape index (κ2) is 6.24. The Morgan fingerprint density at radius 3 is 2.58 bits per heavy atom. The number of carbonyl (C=O) groups is 1. The van der Waals surface area contributed by atoms with Gasteiger partial charge >= 0.3 is 0 Å². The molecule has 4 heteroatoms. The summed E-state index contributed by atoms with van der Waals surface area (Å²) in [5.74, 6) is 2.29. The fourth-order valence-corrected chi connectivity index (χ4v) is 2.87. The Morgan fingerprint density at radius 2 is 2.05 bits per heavy atom. The number of rotatable bonds is 4. The van der Waals surface area contributed by atoms with Gasteiger partial charge < -0.3 is 9.52 Å². The minimum Gasteiger partial charge on any atom is -0.445 e. The third kappa shape index (κ3) is 3.38. The molecule has 1 N–H and O–H groups in total. The van der Waals surface area contributed by atoms with Crippen LogP contribution in [0.15, 0.2) is 16.5 Å². The van der Waals surface area contributed by atoms with Crippen molar-refractivity contribution >= 4 is 11.8 Å². The Labute approximate surface area is 114 Å². The second-order valence-corrected chi connectivity index (χ2v) is 5.51. The maximum atomic E-state index is 12.4. The van der Waals surface area contributed by atoms with Crippen molar-refractivity contribution in [3.05, 3.63) is 17.9 Å². The molecular weight excluding hydrogens is 242 g/mol. The van der Waals surface area contributed by atoms with Crippen LogP contribution in [0.2, 0.25) is 0 Å². The van der Waals surface area contributed by atoms with Crippen LogP contribution in [0.1, 0.15) is 37.9 Å². The normalized spacial score (nSPS) is 23.3. The lowest BCUT2D eigenvalue weighted by Gasteiger charge is -2.29. The summed E-state index contributed by atoms with van der Waals surface area (Å²) in [5, 5.41) is 8.95. The molecule has 1 aromatic heterocycles. The highest BCUT2D eigenvalue weighted by Gasteiger charge is 2.29. The van der Waals surface area contributed by atoms with Crippen molar-refractivity contribution in [1.82, 2.24) is 0 Å². The fraction of sp³-hybridized carbons (Fsp3) is 0.667. The lowest BCUT2D eigenvalue weighted by Crippen LogP contribution is -2.34.